The first kappa shape index (κ1) is 29.4. The lowest BCUT2D eigenvalue weighted by Gasteiger charge is -2.48. The molecular formula is C25H29ClF3NO6S. The van der Waals surface area contributed by atoms with Crippen molar-refractivity contribution in [3.05, 3.63) is 58.4 Å². The molecular weight excluding hydrogens is 535 g/mol. The maximum atomic E-state index is 13.6. The number of carbonyl (C=O) groups is 1. The fourth-order valence-corrected chi connectivity index (χ4v) is 7.53. The summed E-state index contributed by atoms with van der Waals surface area (Å²) in [5.74, 6) is -6.63. The van der Waals surface area contributed by atoms with Gasteiger partial charge in [0.2, 0.25) is 0 Å². The number of rotatable bonds is 8. The molecule has 0 saturated heterocycles. The van der Waals surface area contributed by atoms with Crippen LogP contribution >= 0.6 is 11.6 Å². The Morgan fingerprint density at radius 2 is 1.81 bits per heavy atom. The topological polar surface area (TPSA) is 124 Å². The van der Waals surface area contributed by atoms with Crippen molar-refractivity contribution in [1.82, 2.24) is 0 Å². The Kier molecular flexibility index (Phi) is 8.96. The van der Waals surface area contributed by atoms with Crippen molar-refractivity contribution < 1.29 is 41.7 Å². The van der Waals surface area contributed by atoms with Gasteiger partial charge in [-0.1, -0.05) is 31.9 Å². The van der Waals surface area contributed by atoms with Gasteiger partial charge in [-0.15, -0.1) is 0 Å². The van der Waals surface area contributed by atoms with E-state index in [-0.39, 0.29) is 40.4 Å². The first-order valence-corrected chi connectivity index (χ1v) is 13.7. The van der Waals surface area contributed by atoms with Gasteiger partial charge in [-0.2, -0.15) is 0 Å². The second-order valence-corrected chi connectivity index (χ2v) is 12.1. The van der Waals surface area contributed by atoms with Crippen LogP contribution in [-0.2, 0) is 9.84 Å². The molecule has 1 fully saturated rings. The highest BCUT2D eigenvalue weighted by Crippen LogP contribution is 2.46. The molecule has 12 heteroatoms. The third-order valence-electron chi connectivity index (χ3n) is 7.17. The van der Waals surface area contributed by atoms with E-state index in [1.54, 1.807) is 13.8 Å². The predicted molar refractivity (Wildman–Crippen MR) is 132 cm³/mol. The average Bonchev–Trinajstić information content (AvgIpc) is 2.83. The number of nitrogens with one attached hydrogen (secondary N) is 1. The summed E-state index contributed by atoms with van der Waals surface area (Å²) in [5.41, 5.74) is -1.91. The SMILES string of the molecule is CCC1C[C@@H](S(=O)(=O)c2cc(C(=O)Nc3cc(F)c(F)c(F)c3)ccc2Cl)C[C@H](C)[C@@]1(O)CC(O)CO. The van der Waals surface area contributed by atoms with Gasteiger partial charge in [-0.3, -0.25) is 4.79 Å². The van der Waals surface area contributed by atoms with Gasteiger partial charge in [0, 0.05) is 29.8 Å². The van der Waals surface area contributed by atoms with Crippen molar-refractivity contribution in [2.45, 2.75) is 61.4 Å². The monoisotopic (exact) mass is 563 g/mol. The molecule has 3 rings (SSSR count). The maximum absolute atomic E-state index is 13.6. The molecule has 0 radical (unpaired) electrons. The molecule has 0 aromatic heterocycles. The Balaban J connectivity index is 1.89. The minimum atomic E-state index is -4.11. The van der Waals surface area contributed by atoms with E-state index in [2.05, 4.69) is 5.32 Å². The molecule has 0 spiro atoms. The number of anilines is 1. The summed E-state index contributed by atoms with van der Waals surface area (Å²) in [7, 11) is -4.11. The van der Waals surface area contributed by atoms with E-state index in [4.69, 9.17) is 11.6 Å². The van der Waals surface area contributed by atoms with Crippen LogP contribution in [0.5, 0.6) is 0 Å². The third kappa shape index (κ3) is 5.96. The molecule has 0 heterocycles. The summed E-state index contributed by atoms with van der Waals surface area (Å²) >= 11 is 6.21. The summed E-state index contributed by atoms with van der Waals surface area (Å²) < 4.78 is 67.5. The minimum Gasteiger partial charge on any atom is -0.394 e. The highest BCUT2D eigenvalue weighted by molar-refractivity contribution is 7.92. The molecule has 2 aromatic rings. The summed E-state index contributed by atoms with van der Waals surface area (Å²) in [6.07, 6.45) is -0.710. The molecule has 0 bridgehead atoms. The average molecular weight is 564 g/mol. The molecule has 1 amide bonds. The Bertz CT molecular complexity index is 1250. The smallest absolute Gasteiger partial charge is 0.255 e. The fourth-order valence-electron chi connectivity index (χ4n) is 5.07. The van der Waals surface area contributed by atoms with Crippen molar-refractivity contribution >= 4 is 33.0 Å². The number of carbonyl (C=O) groups excluding carboxylic acids is 1. The van der Waals surface area contributed by atoms with Gasteiger partial charge in [0.1, 0.15) is 0 Å². The molecule has 0 aliphatic heterocycles. The van der Waals surface area contributed by atoms with E-state index in [9.17, 15) is 41.7 Å². The van der Waals surface area contributed by atoms with Gasteiger partial charge in [0.05, 0.1) is 33.5 Å². The molecule has 4 N–H and O–H groups in total. The van der Waals surface area contributed by atoms with Crippen LogP contribution in [0.3, 0.4) is 0 Å². The first-order chi connectivity index (χ1) is 17.2. The van der Waals surface area contributed by atoms with Crippen LogP contribution in [-0.4, -0.2) is 53.2 Å². The number of halogens is 4. The van der Waals surface area contributed by atoms with Crippen LogP contribution in [0.2, 0.25) is 5.02 Å². The molecule has 37 heavy (non-hydrogen) atoms. The van der Waals surface area contributed by atoms with E-state index in [0.29, 0.717) is 18.6 Å². The highest BCUT2D eigenvalue weighted by atomic mass is 35.5. The third-order valence-corrected chi connectivity index (χ3v) is 9.83. The van der Waals surface area contributed by atoms with E-state index in [1.807, 2.05) is 0 Å². The van der Waals surface area contributed by atoms with Crippen LogP contribution in [0.1, 0.15) is 49.9 Å². The Labute approximate surface area is 218 Å². The summed E-state index contributed by atoms with van der Waals surface area (Å²) in [5, 5.41) is 31.6. The molecule has 2 aromatic carbocycles. The second kappa shape index (κ2) is 11.3. The Hall–Kier alpha value is -2.18. The molecule has 1 aliphatic rings. The van der Waals surface area contributed by atoms with Crippen molar-refractivity contribution in [1.29, 1.82) is 0 Å². The molecule has 204 valence electrons. The molecule has 7 nitrogen and oxygen atoms in total. The summed E-state index contributed by atoms with van der Waals surface area (Å²) in [6, 6.07) is 4.69. The first-order valence-electron chi connectivity index (χ1n) is 11.7. The largest absolute Gasteiger partial charge is 0.394 e. The van der Waals surface area contributed by atoms with E-state index in [1.165, 1.54) is 12.1 Å². The van der Waals surface area contributed by atoms with Crippen LogP contribution in [0.4, 0.5) is 18.9 Å². The predicted octanol–water partition coefficient (Wildman–Crippen LogP) is 4.08. The fraction of sp³-hybridized carbons (Fsp3) is 0.480. The van der Waals surface area contributed by atoms with Crippen molar-refractivity contribution in [2.24, 2.45) is 11.8 Å². The number of amides is 1. The lowest BCUT2D eigenvalue weighted by atomic mass is 9.65. The lowest BCUT2D eigenvalue weighted by Crippen LogP contribution is -2.53. The molecule has 1 aliphatic carbocycles. The number of aliphatic hydroxyl groups is 3. The van der Waals surface area contributed by atoms with E-state index in [0.717, 1.165) is 6.07 Å². The quantitative estimate of drug-likeness (QED) is 0.359. The Morgan fingerprint density at radius 1 is 1.19 bits per heavy atom. The minimum absolute atomic E-state index is 0.0500. The van der Waals surface area contributed by atoms with Gasteiger partial charge in [0.15, 0.2) is 27.3 Å². The van der Waals surface area contributed by atoms with Gasteiger partial charge >= 0.3 is 0 Å². The van der Waals surface area contributed by atoms with E-state index >= 15 is 0 Å². The molecule has 2 unspecified atom stereocenters. The molecule has 5 atom stereocenters. The van der Waals surface area contributed by atoms with Gasteiger partial charge < -0.3 is 20.6 Å². The number of hydrogen-bond donors (Lipinski definition) is 4. The van der Waals surface area contributed by atoms with E-state index < -0.39 is 68.6 Å². The zero-order valence-corrected chi connectivity index (χ0v) is 21.8. The molecule has 1 saturated carbocycles. The van der Waals surface area contributed by atoms with Gasteiger partial charge in [-0.25, -0.2) is 21.6 Å². The number of benzene rings is 2. The van der Waals surface area contributed by atoms with Crippen LogP contribution in [0.25, 0.3) is 0 Å². The standard InChI is InChI=1S/C25H29ClF3NO6S/c1-3-15-8-18(6-13(2)25(15,34)11-17(32)12-31)37(35,36)22-7-14(4-5-19(22)26)24(33)30-16-9-20(27)23(29)21(28)10-16/h4-5,7,9-10,13,15,17-18,31-32,34H,3,6,8,11-12H2,1-2H3,(H,30,33)/t13-,15?,17?,18-,25-/m0/s1. The second-order valence-electron chi connectivity index (χ2n) is 9.53. The zero-order chi connectivity index (χ0) is 27.7. The summed E-state index contributed by atoms with van der Waals surface area (Å²) in [4.78, 5) is 12.4. The number of hydrogen-bond acceptors (Lipinski definition) is 6. The van der Waals surface area contributed by atoms with Crippen molar-refractivity contribution in [3.8, 4) is 0 Å². The number of aliphatic hydroxyl groups excluding tert-OH is 2. The van der Waals surface area contributed by atoms with Gasteiger partial charge in [-0.05, 0) is 42.9 Å². The zero-order valence-electron chi connectivity index (χ0n) is 20.2. The van der Waals surface area contributed by atoms with Crippen LogP contribution < -0.4 is 5.32 Å². The van der Waals surface area contributed by atoms with Crippen molar-refractivity contribution in [2.75, 3.05) is 11.9 Å². The van der Waals surface area contributed by atoms with Crippen LogP contribution in [0, 0.1) is 29.3 Å². The maximum Gasteiger partial charge on any atom is 0.255 e. The van der Waals surface area contributed by atoms with Crippen molar-refractivity contribution in [3.63, 3.8) is 0 Å². The summed E-state index contributed by atoms with van der Waals surface area (Å²) in [6.45, 7) is 2.94. The normalized spacial score (nSPS) is 25.1. The number of sulfone groups is 1. The lowest BCUT2D eigenvalue weighted by molar-refractivity contribution is -0.120. The Morgan fingerprint density at radius 3 is 2.38 bits per heavy atom. The highest BCUT2D eigenvalue weighted by Gasteiger charge is 2.50. The van der Waals surface area contributed by atoms with Gasteiger partial charge in [0.25, 0.3) is 5.91 Å². The van der Waals surface area contributed by atoms with Crippen LogP contribution in [0.15, 0.2) is 35.2 Å².